The Hall–Kier alpha value is -1.19. The molecule has 0 atom stereocenters. The van der Waals surface area contributed by atoms with Crippen molar-refractivity contribution in [2.45, 2.75) is 32.6 Å². The number of hydrogen-bond acceptors (Lipinski definition) is 3. The molecule has 3 heteroatoms. The van der Waals surface area contributed by atoms with Crippen LogP contribution in [-0.4, -0.2) is 11.5 Å². The van der Waals surface area contributed by atoms with Crippen LogP contribution in [0, 0.1) is 6.92 Å². The Morgan fingerprint density at radius 2 is 2.00 bits per heavy atom. The lowest BCUT2D eigenvalue weighted by Gasteiger charge is -2.21. The van der Waals surface area contributed by atoms with Crippen LogP contribution in [0.5, 0.6) is 0 Å². The smallest absolute Gasteiger partial charge is 0.123 e. The van der Waals surface area contributed by atoms with Crippen LogP contribution >= 0.6 is 11.3 Å². The molecule has 96 valence electrons. The van der Waals surface area contributed by atoms with Gasteiger partial charge in [0.05, 0.1) is 5.69 Å². The van der Waals surface area contributed by atoms with Gasteiger partial charge >= 0.3 is 0 Å². The van der Waals surface area contributed by atoms with Crippen molar-refractivity contribution in [1.29, 1.82) is 0 Å². The van der Waals surface area contributed by atoms with Crippen LogP contribution in [0.15, 0.2) is 29.6 Å². The average Bonchev–Trinajstić information content (AvgIpc) is 2.79. The van der Waals surface area contributed by atoms with E-state index in [0.29, 0.717) is 6.54 Å². The van der Waals surface area contributed by atoms with Gasteiger partial charge in [-0.1, -0.05) is 38.1 Å². The summed E-state index contributed by atoms with van der Waals surface area (Å²) in [7, 11) is 0. The minimum absolute atomic E-state index is 0.0617. The molecule has 0 spiro atoms. The standard InChI is InChI=1S/C15H20N2S/c1-11-6-4-5-7-12(11)14-17-13(10-18-14)15(2,3)8-9-16/h4-7,10H,8-9,16H2,1-3H3. The summed E-state index contributed by atoms with van der Waals surface area (Å²) < 4.78 is 0. The van der Waals surface area contributed by atoms with Gasteiger partial charge in [-0.3, -0.25) is 0 Å². The Labute approximate surface area is 113 Å². The SMILES string of the molecule is Cc1ccccc1-c1nc(C(C)(C)CCN)cs1. The lowest BCUT2D eigenvalue weighted by Crippen LogP contribution is -2.22. The Morgan fingerprint density at radius 1 is 1.28 bits per heavy atom. The second-order valence-corrected chi connectivity index (χ2v) is 6.13. The van der Waals surface area contributed by atoms with Crippen LogP contribution in [0.2, 0.25) is 0 Å². The molecule has 0 saturated heterocycles. The first kappa shape index (κ1) is 13.2. The fraction of sp³-hybridized carbons (Fsp3) is 0.400. The summed E-state index contributed by atoms with van der Waals surface area (Å²) in [5, 5.41) is 3.27. The third-order valence-corrected chi connectivity index (χ3v) is 4.22. The molecular formula is C15H20N2S. The highest BCUT2D eigenvalue weighted by Gasteiger charge is 2.23. The summed E-state index contributed by atoms with van der Waals surface area (Å²) >= 11 is 1.72. The monoisotopic (exact) mass is 260 g/mol. The van der Waals surface area contributed by atoms with E-state index < -0.39 is 0 Å². The Balaban J connectivity index is 2.34. The summed E-state index contributed by atoms with van der Waals surface area (Å²) in [6.45, 7) is 7.23. The fourth-order valence-corrected chi connectivity index (χ4v) is 3.11. The van der Waals surface area contributed by atoms with Gasteiger partial charge in [-0.05, 0) is 25.5 Å². The number of benzene rings is 1. The molecule has 1 aromatic heterocycles. The first-order valence-corrected chi connectivity index (χ1v) is 7.14. The van der Waals surface area contributed by atoms with Crippen molar-refractivity contribution in [1.82, 2.24) is 4.98 Å². The lowest BCUT2D eigenvalue weighted by molar-refractivity contribution is 0.476. The zero-order valence-electron chi connectivity index (χ0n) is 11.2. The van der Waals surface area contributed by atoms with Crippen LogP contribution < -0.4 is 5.73 Å². The second kappa shape index (κ2) is 5.21. The summed E-state index contributed by atoms with van der Waals surface area (Å²) in [5.74, 6) is 0. The van der Waals surface area contributed by atoms with Crippen LogP contribution in [0.1, 0.15) is 31.5 Å². The van der Waals surface area contributed by atoms with E-state index in [1.807, 2.05) is 0 Å². The highest BCUT2D eigenvalue weighted by Crippen LogP contribution is 2.32. The van der Waals surface area contributed by atoms with E-state index in [1.165, 1.54) is 11.1 Å². The predicted octanol–water partition coefficient (Wildman–Crippen LogP) is 3.74. The van der Waals surface area contributed by atoms with Crippen LogP contribution in [-0.2, 0) is 5.41 Å². The topological polar surface area (TPSA) is 38.9 Å². The van der Waals surface area contributed by atoms with E-state index in [-0.39, 0.29) is 5.41 Å². The van der Waals surface area contributed by atoms with Crippen molar-refractivity contribution in [3.63, 3.8) is 0 Å². The van der Waals surface area contributed by atoms with Gasteiger partial charge in [-0.2, -0.15) is 0 Å². The molecule has 1 aromatic carbocycles. The molecule has 0 saturated carbocycles. The van der Waals surface area contributed by atoms with Crippen LogP contribution in [0.4, 0.5) is 0 Å². The second-order valence-electron chi connectivity index (χ2n) is 5.28. The number of rotatable bonds is 4. The maximum Gasteiger partial charge on any atom is 0.123 e. The minimum Gasteiger partial charge on any atom is -0.330 e. The Morgan fingerprint density at radius 3 is 2.67 bits per heavy atom. The van der Waals surface area contributed by atoms with Gasteiger partial charge in [-0.15, -0.1) is 11.3 Å². The van der Waals surface area contributed by atoms with E-state index >= 15 is 0 Å². The molecule has 2 rings (SSSR count). The lowest BCUT2D eigenvalue weighted by atomic mass is 9.86. The third kappa shape index (κ3) is 2.62. The summed E-state index contributed by atoms with van der Waals surface area (Å²) in [4.78, 5) is 4.79. The van der Waals surface area contributed by atoms with Gasteiger partial charge in [0.25, 0.3) is 0 Å². The number of aryl methyl sites for hydroxylation is 1. The highest BCUT2D eigenvalue weighted by molar-refractivity contribution is 7.13. The minimum atomic E-state index is 0.0617. The van der Waals surface area contributed by atoms with Gasteiger partial charge in [0.1, 0.15) is 5.01 Å². The zero-order valence-corrected chi connectivity index (χ0v) is 12.1. The predicted molar refractivity (Wildman–Crippen MR) is 79.0 cm³/mol. The van der Waals surface area contributed by atoms with Crippen molar-refractivity contribution in [3.8, 4) is 10.6 Å². The molecule has 0 aliphatic heterocycles. The zero-order chi connectivity index (χ0) is 13.2. The molecule has 1 heterocycles. The molecule has 2 N–H and O–H groups in total. The molecule has 0 bridgehead atoms. The number of thiazole rings is 1. The molecule has 0 aliphatic carbocycles. The average molecular weight is 260 g/mol. The quantitative estimate of drug-likeness (QED) is 0.909. The molecule has 2 nitrogen and oxygen atoms in total. The maximum atomic E-state index is 5.67. The fourth-order valence-electron chi connectivity index (χ4n) is 2.01. The molecule has 0 unspecified atom stereocenters. The number of hydrogen-bond donors (Lipinski definition) is 1. The first-order chi connectivity index (χ1) is 8.54. The number of aromatic nitrogens is 1. The molecular weight excluding hydrogens is 240 g/mol. The summed E-state index contributed by atoms with van der Waals surface area (Å²) in [6.07, 6.45) is 0.962. The maximum absolute atomic E-state index is 5.67. The van der Waals surface area contributed by atoms with Gasteiger partial charge < -0.3 is 5.73 Å². The Kier molecular flexibility index (Phi) is 3.83. The summed E-state index contributed by atoms with van der Waals surface area (Å²) in [6, 6.07) is 8.38. The van der Waals surface area contributed by atoms with Crippen molar-refractivity contribution in [3.05, 3.63) is 40.9 Å². The molecule has 2 aromatic rings. The molecule has 0 amide bonds. The van der Waals surface area contributed by atoms with Gasteiger partial charge in [0.15, 0.2) is 0 Å². The molecule has 0 fully saturated rings. The van der Waals surface area contributed by atoms with Crippen LogP contribution in [0.25, 0.3) is 10.6 Å². The van der Waals surface area contributed by atoms with Crippen molar-refractivity contribution >= 4 is 11.3 Å². The largest absolute Gasteiger partial charge is 0.330 e. The molecule has 0 radical (unpaired) electrons. The normalized spacial score (nSPS) is 11.8. The van der Waals surface area contributed by atoms with Gasteiger partial charge in [0, 0.05) is 16.4 Å². The van der Waals surface area contributed by atoms with Crippen molar-refractivity contribution in [2.24, 2.45) is 5.73 Å². The molecule has 0 aliphatic rings. The van der Waals surface area contributed by atoms with E-state index in [4.69, 9.17) is 10.7 Å². The highest BCUT2D eigenvalue weighted by atomic mass is 32.1. The van der Waals surface area contributed by atoms with Crippen molar-refractivity contribution < 1.29 is 0 Å². The summed E-state index contributed by atoms with van der Waals surface area (Å²) in [5.41, 5.74) is 9.39. The van der Waals surface area contributed by atoms with Crippen molar-refractivity contribution in [2.75, 3.05) is 6.54 Å². The number of nitrogens with two attached hydrogens (primary N) is 1. The third-order valence-electron chi connectivity index (χ3n) is 3.34. The van der Waals surface area contributed by atoms with Gasteiger partial charge in [-0.25, -0.2) is 4.98 Å². The van der Waals surface area contributed by atoms with E-state index in [2.05, 4.69) is 50.4 Å². The van der Waals surface area contributed by atoms with E-state index in [1.54, 1.807) is 11.3 Å². The molecule has 18 heavy (non-hydrogen) atoms. The van der Waals surface area contributed by atoms with E-state index in [0.717, 1.165) is 17.1 Å². The number of nitrogens with zero attached hydrogens (tertiary/aromatic N) is 1. The first-order valence-electron chi connectivity index (χ1n) is 6.26. The Bertz CT molecular complexity index is 529. The van der Waals surface area contributed by atoms with Gasteiger partial charge in [0.2, 0.25) is 0 Å². The van der Waals surface area contributed by atoms with E-state index in [9.17, 15) is 0 Å². The van der Waals surface area contributed by atoms with Crippen LogP contribution in [0.3, 0.4) is 0 Å².